The Bertz CT molecular complexity index is 954. The molecule has 0 bridgehead atoms. The number of aromatic hydroxyl groups is 1. The molecule has 8 nitrogen and oxygen atoms in total. The summed E-state index contributed by atoms with van der Waals surface area (Å²) in [6.45, 7) is 3.23. The SMILES string of the molecule is Cc1nn2c(O)c(C)c(=O)[nH]c2c1-c1ccc([N+](=O)[O-])cc1. The van der Waals surface area contributed by atoms with Gasteiger partial charge in [-0.1, -0.05) is 0 Å². The Kier molecular flexibility index (Phi) is 2.94. The number of nitrogens with zero attached hydrogens (tertiary/aromatic N) is 3. The van der Waals surface area contributed by atoms with Crippen molar-refractivity contribution in [2.24, 2.45) is 0 Å². The van der Waals surface area contributed by atoms with Crippen LogP contribution >= 0.6 is 0 Å². The van der Waals surface area contributed by atoms with Crippen molar-refractivity contribution >= 4 is 11.3 Å². The number of fused-ring (bicyclic) bond motifs is 1. The first-order valence-electron chi connectivity index (χ1n) is 6.46. The van der Waals surface area contributed by atoms with E-state index in [1.165, 1.54) is 23.6 Å². The molecule has 0 aliphatic heterocycles. The first-order chi connectivity index (χ1) is 10.4. The maximum Gasteiger partial charge on any atom is 0.269 e. The third kappa shape index (κ3) is 1.93. The second-order valence-electron chi connectivity index (χ2n) is 4.93. The number of nitrogens with one attached hydrogen (secondary N) is 1. The first kappa shape index (κ1) is 13.8. The van der Waals surface area contributed by atoms with E-state index in [-0.39, 0.29) is 17.1 Å². The lowest BCUT2D eigenvalue weighted by molar-refractivity contribution is -0.384. The molecule has 8 heteroatoms. The minimum absolute atomic E-state index is 0.0231. The summed E-state index contributed by atoms with van der Waals surface area (Å²) in [4.78, 5) is 24.8. The number of non-ortho nitro benzene ring substituents is 1. The van der Waals surface area contributed by atoms with Crippen LogP contribution in [0.1, 0.15) is 11.3 Å². The number of hydrogen-bond donors (Lipinski definition) is 2. The highest BCUT2D eigenvalue weighted by Crippen LogP contribution is 2.30. The molecule has 0 spiro atoms. The van der Waals surface area contributed by atoms with E-state index in [2.05, 4.69) is 10.1 Å². The summed E-state index contributed by atoms with van der Waals surface area (Å²) in [5.74, 6) is -0.227. The van der Waals surface area contributed by atoms with E-state index in [1.807, 2.05) is 0 Å². The highest BCUT2D eigenvalue weighted by Gasteiger charge is 2.18. The maximum absolute atomic E-state index is 11.8. The van der Waals surface area contributed by atoms with Crippen molar-refractivity contribution in [1.82, 2.24) is 14.6 Å². The van der Waals surface area contributed by atoms with Gasteiger partial charge in [-0.05, 0) is 31.5 Å². The van der Waals surface area contributed by atoms with Crippen LogP contribution in [0.4, 0.5) is 5.69 Å². The Hall–Kier alpha value is -3.16. The van der Waals surface area contributed by atoms with Gasteiger partial charge in [0.2, 0.25) is 5.88 Å². The van der Waals surface area contributed by atoms with E-state index in [4.69, 9.17) is 0 Å². The quantitative estimate of drug-likeness (QED) is 0.554. The number of aryl methyl sites for hydroxylation is 1. The molecule has 0 radical (unpaired) electrons. The number of nitro groups is 1. The highest BCUT2D eigenvalue weighted by atomic mass is 16.6. The Morgan fingerprint density at radius 2 is 1.91 bits per heavy atom. The summed E-state index contributed by atoms with van der Waals surface area (Å²) >= 11 is 0. The zero-order chi connectivity index (χ0) is 16.0. The molecule has 2 N–H and O–H groups in total. The van der Waals surface area contributed by atoms with E-state index in [0.29, 0.717) is 22.5 Å². The van der Waals surface area contributed by atoms with E-state index < -0.39 is 10.5 Å². The average molecular weight is 300 g/mol. The van der Waals surface area contributed by atoms with Gasteiger partial charge in [-0.3, -0.25) is 14.9 Å². The van der Waals surface area contributed by atoms with Crippen molar-refractivity contribution in [3.05, 3.63) is 56.0 Å². The van der Waals surface area contributed by atoms with Gasteiger partial charge in [0.05, 0.1) is 16.2 Å². The van der Waals surface area contributed by atoms with Gasteiger partial charge in [0, 0.05) is 17.7 Å². The van der Waals surface area contributed by atoms with Gasteiger partial charge in [-0.25, -0.2) is 0 Å². The average Bonchev–Trinajstić information content (AvgIpc) is 2.81. The number of benzene rings is 1. The smallest absolute Gasteiger partial charge is 0.269 e. The Morgan fingerprint density at radius 3 is 2.50 bits per heavy atom. The predicted octanol–water partition coefficient (Wildman–Crippen LogP) is 1.92. The normalized spacial score (nSPS) is 11.0. The number of hydrogen-bond acceptors (Lipinski definition) is 5. The standard InChI is InChI=1S/C14H12N4O4/c1-7-13(19)15-12-11(8(2)16-17(12)14(7)20)9-3-5-10(6-4-9)18(21)22/h3-6,20H,1-2H3,(H,15,19). The van der Waals surface area contributed by atoms with Gasteiger partial charge in [0.1, 0.15) is 5.65 Å². The van der Waals surface area contributed by atoms with Gasteiger partial charge in [0.25, 0.3) is 11.2 Å². The van der Waals surface area contributed by atoms with Gasteiger partial charge < -0.3 is 10.1 Å². The molecule has 0 fully saturated rings. The van der Waals surface area contributed by atoms with Crippen LogP contribution < -0.4 is 5.56 Å². The fraction of sp³-hybridized carbons (Fsp3) is 0.143. The molecule has 0 saturated carbocycles. The molecule has 0 amide bonds. The van der Waals surface area contributed by atoms with Gasteiger partial charge in [0.15, 0.2) is 0 Å². The Morgan fingerprint density at radius 1 is 1.27 bits per heavy atom. The molecular weight excluding hydrogens is 288 g/mol. The summed E-state index contributed by atoms with van der Waals surface area (Å²) in [7, 11) is 0. The van der Waals surface area contributed by atoms with Crippen molar-refractivity contribution < 1.29 is 10.0 Å². The first-order valence-corrected chi connectivity index (χ1v) is 6.46. The van der Waals surface area contributed by atoms with Crippen LogP contribution in [0.25, 0.3) is 16.8 Å². The van der Waals surface area contributed by atoms with Crippen LogP contribution in [0.5, 0.6) is 5.88 Å². The molecule has 0 unspecified atom stereocenters. The lowest BCUT2D eigenvalue weighted by atomic mass is 10.1. The minimum atomic E-state index is -0.482. The zero-order valence-corrected chi connectivity index (χ0v) is 11.8. The topological polar surface area (TPSA) is 114 Å². The number of nitro benzene ring substituents is 1. The number of aromatic amines is 1. The van der Waals surface area contributed by atoms with Crippen LogP contribution in [-0.4, -0.2) is 24.6 Å². The molecule has 112 valence electrons. The second-order valence-corrected chi connectivity index (χ2v) is 4.93. The summed E-state index contributed by atoms with van der Waals surface area (Å²) in [5, 5.41) is 25.0. The second kappa shape index (κ2) is 4.69. The number of rotatable bonds is 2. The lowest BCUT2D eigenvalue weighted by Crippen LogP contribution is -2.12. The van der Waals surface area contributed by atoms with E-state index in [9.17, 15) is 20.0 Å². The monoisotopic (exact) mass is 300 g/mol. The van der Waals surface area contributed by atoms with Crippen LogP contribution in [0, 0.1) is 24.0 Å². The summed E-state index contributed by atoms with van der Waals surface area (Å²) in [5.41, 5.74) is 1.95. The predicted molar refractivity (Wildman–Crippen MR) is 79.0 cm³/mol. The molecule has 22 heavy (non-hydrogen) atoms. The third-order valence-electron chi connectivity index (χ3n) is 3.54. The Balaban J connectivity index is 2.29. The molecule has 2 aromatic heterocycles. The third-order valence-corrected chi connectivity index (χ3v) is 3.54. The fourth-order valence-electron chi connectivity index (χ4n) is 2.35. The molecule has 2 heterocycles. The largest absolute Gasteiger partial charge is 0.493 e. The molecular formula is C14H12N4O4. The summed E-state index contributed by atoms with van der Waals surface area (Å²) in [6, 6.07) is 5.92. The van der Waals surface area contributed by atoms with Crippen molar-refractivity contribution in [2.75, 3.05) is 0 Å². The van der Waals surface area contributed by atoms with Crippen molar-refractivity contribution in [1.29, 1.82) is 0 Å². The van der Waals surface area contributed by atoms with Crippen molar-refractivity contribution in [3.63, 3.8) is 0 Å². The summed E-state index contributed by atoms with van der Waals surface area (Å²) in [6.07, 6.45) is 0. The highest BCUT2D eigenvalue weighted by molar-refractivity contribution is 5.80. The number of H-pyrrole nitrogens is 1. The lowest BCUT2D eigenvalue weighted by Gasteiger charge is -2.03. The maximum atomic E-state index is 11.8. The molecule has 0 aliphatic carbocycles. The Labute approximate surface area is 123 Å². The van der Waals surface area contributed by atoms with Crippen molar-refractivity contribution in [3.8, 4) is 17.0 Å². The summed E-state index contributed by atoms with van der Waals surface area (Å²) < 4.78 is 1.25. The zero-order valence-electron chi connectivity index (χ0n) is 11.8. The fourth-order valence-corrected chi connectivity index (χ4v) is 2.35. The van der Waals surface area contributed by atoms with Gasteiger partial charge in [-0.15, -0.1) is 0 Å². The van der Waals surface area contributed by atoms with Crippen LogP contribution in [-0.2, 0) is 0 Å². The van der Waals surface area contributed by atoms with E-state index >= 15 is 0 Å². The molecule has 3 aromatic rings. The van der Waals surface area contributed by atoms with Crippen LogP contribution in [0.3, 0.4) is 0 Å². The van der Waals surface area contributed by atoms with E-state index in [1.54, 1.807) is 19.1 Å². The van der Waals surface area contributed by atoms with Gasteiger partial charge >= 0.3 is 0 Å². The number of aromatic nitrogens is 3. The molecule has 1 aromatic carbocycles. The molecule has 0 saturated heterocycles. The molecule has 3 rings (SSSR count). The van der Waals surface area contributed by atoms with Crippen LogP contribution in [0.15, 0.2) is 29.1 Å². The van der Waals surface area contributed by atoms with Gasteiger partial charge in [-0.2, -0.15) is 9.61 Å². The molecule has 0 atom stereocenters. The van der Waals surface area contributed by atoms with Crippen molar-refractivity contribution in [2.45, 2.75) is 13.8 Å². The minimum Gasteiger partial charge on any atom is -0.493 e. The van der Waals surface area contributed by atoms with E-state index in [0.717, 1.165) is 0 Å². The molecule has 0 aliphatic rings. The van der Waals surface area contributed by atoms with Crippen LogP contribution in [0.2, 0.25) is 0 Å².